The van der Waals surface area contributed by atoms with Gasteiger partial charge in [-0.15, -0.1) is 0 Å². The summed E-state index contributed by atoms with van der Waals surface area (Å²) in [6.07, 6.45) is 2.16. The van der Waals surface area contributed by atoms with Crippen molar-refractivity contribution < 1.29 is 9.46 Å². The minimum atomic E-state index is -2.45. The monoisotopic (exact) mass is 179 g/mol. The van der Waals surface area contributed by atoms with E-state index in [1.54, 1.807) is 13.8 Å². The SMILES string of the molecule is CCCCNC(C)(C)[PH](=O)O. The van der Waals surface area contributed by atoms with Crippen LogP contribution in [0.3, 0.4) is 0 Å². The quantitative estimate of drug-likeness (QED) is 0.497. The maximum Gasteiger partial charge on any atom is 0.207 e. The van der Waals surface area contributed by atoms with Gasteiger partial charge in [-0.3, -0.25) is 4.57 Å². The topological polar surface area (TPSA) is 49.3 Å². The second kappa shape index (κ2) is 4.91. The van der Waals surface area contributed by atoms with Gasteiger partial charge in [-0.1, -0.05) is 13.3 Å². The second-order valence-electron chi connectivity index (χ2n) is 3.21. The Morgan fingerprint density at radius 3 is 2.45 bits per heavy atom. The number of unbranched alkanes of at least 4 members (excludes halogenated alkanes) is 1. The fourth-order valence-corrected chi connectivity index (χ4v) is 0.930. The van der Waals surface area contributed by atoms with Crippen molar-refractivity contribution in [2.75, 3.05) is 6.54 Å². The Bertz CT molecular complexity index is 136. The molecule has 0 aliphatic carbocycles. The van der Waals surface area contributed by atoms with Gasteiger partial charge >= 0.3 is 0 Å². The van der Waals surface area contributed by atoms with E-state index in [9.17, 15) is 4.57 Å². The molecular weight excluding hydrogens is 161 g/mol. The molecule has 11 heavy (non-hydrogen) atoms. The minimum absolute atomic E-state index is 0.597. The van der Waals surface area contributed by atoms with Crippen molar-refractivity contribution in [2.24, 2.45) is 0 Å². The highest BCUT2D eigenvalue weighted by Gasteiger charge is 2.22. The van der Waals surface area contributed by atoms with E-state index < -0.39 is 13.3 Å². The average molecular weight is 179 g/mol. The van der Waals surface area contributed by atoms with Gasteiger partial charge in [-0.05, 0) is 26.8 Å². The van der Waals surface area contributed by atoms with Crippen LogP contribution in [0.5, 0.6) is 0 Å². The normalized spacial score (nSPS) is 14.9. The van der Waals surface area contributed by atoms with Crippen molar-refractivity contribution in [3.8, 4) is 0 Å². The fraction of sp³-hybridized carbons (Fsp3) is 1.00. The van der Waals surface area contributed by atoms with Gasteiger partial charge < -0.3 is 10.2 Å². The zero-order chi connectivity index (χ0) is 8.91. The highest BCUT2D eigenvalue weighted by molar-refractivity contribution is 7.39. The van der Waals surface area contributed by atoms with Crippen LogP contribution in [0.15, 0.2) is 0 Å². The third-order valence-corrected chi connectivity index (χ3v) is 2.88. The van der Waals surface area contributed by atoms with Gasteiger partial charge in [0.25, 0.3) is 0 Å². The van der Waals surface area contributed by atoms with Crippen molar-refractivity contribution >= 4 is 8.03 Å². The van der Waals surface area contributed by atoms with Gasteiger partial charge in [-0.2, -0.15) is 0 Å². The van der Waals surface area contributed by atoms with Crippen LogP contribution in [0.4, 0.5) is 0 Å². The maximum absolute atomic E-state index is 10.7. The summed E-state index contributed by atoms with van der Waals surface area (Å²) in [7, 11) is -2.45. The molecule has 0 aliphatic rings. The zero-order valence-corrected chi connectivity index (χ0v) is 8.48. The van der Waals surface area contributed by atoms with E-state index in [-0.39, 0.29) is 0 Å². The van der Waals surface area contributed by atoms with E-state index in [0.29, 0.717) is 0 Å². The summed E-state index contributed by atoms with van der Waals surface area (Å²) < 4.78 is 10.7. The van der Waals surface area contributed by atoms with Crippen molar-refractivity contribution in [2.45, 2.75) is 38.9 Å². The molecule has 0 bridgehead atoms. The molecule has 0 aromatic rings. The molecule has 0 radical (unpaired) electrons. The standard InChI is InChI=1S/C7H18NO2P/c1-4-5-6-8-7(2,3)11(9)10/h8,11H,4-6H2,1-3H3,(H,9,10). The van der Waals surface area contributed by atoms with Gasteiger partial charge in [-0.25, -0.2) is 0 Å². The zero-order valence-electron chi connectivity index (χ0n) is 7.48. The molecule has 1 atom stereocenters. The molecule has 0 rings (SSSR count). The first-order chi connectivity index (χ1) is 5.00. The lowest BCUT2D eigenvalue weighted by molar-refractivity contribution is 0.423. The van der Waals surface area contributed by atoms with Crippen LogP contribution >= 0.6 is 8.03 Å². The molecular formula is C7H18NO2P. The molecule has 0 saturated heterocycles. The van der Waals surface area contributed by atoms with E-state index in [1.807, 2.05) is 0 Å². The van der Waals surface area contributed by atoms with Crippen LogP contribution in [0.25, 0.3) is 0 Å². The number of rotatable bonds is 5. The van der Waals surface area contributed by atoms with E-state index >= 15 is 0 Å². The van der Waals surface area contributed by atoms with Crippen molar-refractivity contribution in [3.05, 3.63) is 0 Å². The molecule has 0 aromatic heterocycles. The molecule has 0 amide bonds. The van der Waals surface area contributed by atoms with Gasteiger partial charge in [0.1, 0.15) is 0 Å². The van der Waals surface area contributed by atoms with Crippen LogP contribution in [-0.2, 0) is 4.57 Å². The Balaban J connectivity index is 3.64. The summed E-state index contributed by atoms with van der Waals surface area (Å²) >= 11 is 0. The van der Waals surface area contributed by atoms with Crippen LogP contribution in [0.2, 0.25) is 0 Å². The Morgan fingerprint density at radius 2 is 2.09 bits per heavy atom. The van der Waals surface area contributed by atoms with Crippen LogP contribution < -0.4 is 5.32 Å². The van der Waals surface area contributed by atoms with Crippen molar-refractivity contribution in [1.82, 2.24) is 5.32 Å². The van der Waals surface area contributed by atoms with Crippen molar-refractivity contribution in [3.63, 3.8) is 0 Å². The molecule has 2 N–H and O–H groups in total. The average Bonchev–Trinajstić information content (AvgIpc) is 1.88. The number of hydrogen-bond donors (Lipinski definition) is 2. The van der Waals surface area contributed by atoms with E-state index in [0.717, 1.165) is 19.4 Å². The molecule has 68 valence electrons. The lowest BCUT2D eigenvalue weighted by Gasteiger charge is -2.22. The first kappa shape index (κ1) is 11.2. The van der Waals surface area contributed by atoms with Gasteiger partial charge in [0.15, 0.2) is 0 Å². The Hall–Kier alpha value is 0.150. The molecule has 0 heterocycles. The molecule has 0 aromatic carbocycles. The van der Waals surface area contributed by atoms with Crippen LogP contribution in [0.1, 0.15) is 33.6 Å². The summed E-state index contributed by atoms with van der Waals surface area (Å²) in [4.78, 5) is 8.86. The summed E-state index contributed by atoms with van der Waals surface area (Å²) in [6.45, 7) is 6.42. The highest BCUT2D eigenvalue weighted by atomic mass is 31.1. The van der Waals surface area contributed by atoms with Crippen molar-refractivity contribution in [1.29, 1.82) is 0 Å². The lowest BCUT2D eigenvalue weighted by atomic mass is 10.3. The predicted molar refractivity (Wildman–Crippen MR) is 48.2 cm³/mol. The molecule has 0 saturated carbocycles. The van der Waals surface area contributed by atoms with Crippen LogP contribution in [-0.4, -0.2) is 16.7 Å². The highest BCUT2D eigenvalue weighted by Crippen LogP contribution is 2.31. The van der Waals surface area contributed by atoms with Gasteiger partial charge in [0.05, 0.1) is 5.28 Å². The second-order valence-corrected chi connectivity index (χ2v) is 5.07. The Kier molecular flexibility index (Phi) is 4.98. The Morgan fingerprint density at radius 1 is 1.55 bits per heavy atom. The van der Waals surface area contributed by atoms with E-state index in [2.05, 4.69) is 12.2 Å². The van der Waals surface area contributed by atoms with Gasteiger partial charge in [0, 0.05) is 0 Å². The third kappa shape index (κ3) is 4.57. The molecule has 0 aliphatic heterocycles. The van der Waals surface area contributed by atoms with E-state index in [1.165, 1.54) is 0 Å². The van der Waals surface area contributed by atoms with Crippen LogP contribution in [0, 0.1) is 0 Å². The molecule has 0 spiro atoms. The predicted octanol–water partition coefficient (Wildman–Crippen LogP) is 1.58. The maximum atomic E-state index is 10.7. The Labute approximate surface area is 69.1 Å². The first-order valence-corrected chi connectivity index (χ1v) is 5.34. The molecule has 4 heteroatoms. The molecule has 0 fully saturated rings. The fourth-order valence-electron chi connectivity index (χ4n) is 0.653. The van der Waals surface area contributed by atoms with Gasteiger partial charge in [0.2, 0.25) is 8.03 Å². The lowest BCUT2D eigenvalue weighted by Crippen LogP contribution is -2.36. The molecule has 3 nitrogen and oxygen atoms in total. The summed E-state index contributed by atoms with van der Waals surface area (Å²) in [5, 5.41) is 2.44. The number of nitrogens with one attached hydrogen (secondary N) is 1. The smallest absolute Gasteiger partial charge is 0.207 e. The third-order valence-electron chi connectivity index (χ3n) is 1.63. The molecule has 1 unspecified atom stereocenters. The summed E-state index contributed by atoms with van der Waals surface area (Å²) in [6, 6.07) is 0. The summed E-state index contributed by atoms with van der Waals surface area (Å²) in [5.41, 5.74) is 0. The largest absolute Gasteiger partial charge is 0.345 e. The summed E-state index contributed by atoms with van der Waals surface area (Å²) in [5.74, 6) is 0. The first-order valence-electron chi connectivity index (χ1n) is 3.99. The number of hydrogen-bond acceptors (Lipinski definition) is 2. The van der Waals surface area contributed by atoms with E-state index in [4.69, 9.17) is 4.89 Å². The minimum Gasteiger partial charge on any atom is -0.345 e.